The number of halogens is 1. The Balaban J connectivity index is 1.74. The summed E-state index contributed by atoms with van der Waals surface area (Å²) < 4.78 is 2.94. The van der Waals surface area contributed by atoms with Crippen molar-refractivity contribution in [3.8, 4) is 0 Å². The lowest BCUT2D eigenvalue weighted by atomic mass is 9.87. The van der Waals surface area contributed by atoms with Crippen LogP contribution in [-0.2, 0) is 30.5 Å². The molecule has 2 aromatic heterocycles. The van der Waals surface area contributed by atoms with E-state index in [1.165, 1.54) is 9.13 Å². The van der Waals surface area contributed by atoms with E-state index in [0.29, 0.717) is 29.4 Å². The lowest BCUT2D eigenvalue weighted by molar-refractivity contribution is -0.132. The van der Waals surface area contributed by atoms with Crippen molar-refractivity contribution in [1.29, 1.82) is 0 Å². The van der Waals surface area contributed by atoms with Crippen molar-refractivity contribution in [2.24, 2.45) is 7.05 Å². The number of aryl methyl sites for hydroxylation is 2. The molecule has 0 spiro atoms. The number of benzene rings is 1. The molecule has 1 aliphatic rings. The lowest BCUT2D eigenvalue weighted by Crippen LogP contribution is -2.43. The Hall–Kier alpha value is -3.40. The number of amides is 3. The van der Waals surface area contributed by atoms with Crippen LogP contribution in [-0.4, -0.2) is 35.9 Å². The summed E-state index contributed by atoms with van der Waals surface area (Å²) >= 11 is 5.99. The van der Waals surface area contributed by atoms with Crippen molar-refractivity contribution >= 4 is 34.7 Å². The van der Waals surface area contributed by atoms with E-state index in [0.717, 1.165) is 17.7 Å². The molecule has 11 heteroatoms. The third-order valence-corrected chi connectivity index (χ3v) is 6.44. The average Bonchev–Trinajstić information content (AvgIpc) is 3.24. The van der Waals surface area contributed by atoms with Gasteiger partial charge < -0.3 is 9.88 Å². The number of imide groups is 1. The molecule has 1 aliphatic heterocycles. The maximum atomic E-state index is 13.5. The van der Waals surface area contributed by atoms with Crippen LogP contribution in [0.15, 0.2) is 33.9 Å². The number of aromatic amines is 1. The highest BCUT2D eigenvalue weighted by atomic mass is 35.5. The van der Waals surface area contributed by atoms with Crippen LogP contribution < -0.4 is 16.6 Å². The molecule has 174 valence electrons. The van der Waals surface area contributed by atoms with E-state index in [9.17, 15) is 19.2 Å². The number of nitrogens with one attached hydrogen (secondary N) is 2. The first-order valence-corrected chi connectivity index (χ1v) is 11.2. The summed E-state index contributed by atoms with van der Waals surface area (Å²) in [6.07, 6.45) is 1.94. The molecule has 0 aliphatic carbocycles. The van der Waals surface area contributed by atoms with Crippen LogP contribution >= 0.6 is 11.6 Å². The van der Waals surface area contributed by atoms with E-state index < -0.39 is 28.7 Å². The first-order valence-electron chi connectivity index (χ1n) is 10.8. The summed E-state index contributed by atoms with van der Waals surface area (Å²) in [4.78, 5) is 59.1. The van der Waals surface area contributed by atoms with Crippen LogP contribution in [0.2, 0.25) is 5.02 Å². The van der Waals surface area contributed by atoms with Gasteiger partial charge in [0.2, 0.25) is 0 Å². The second-order valence-electron chi connectivity index (χ2n) is 8.11. The molecule has 1 fully saturated rings. The minimum Gasteiger partial charge on any atom is -0.324 e. The van der Waals surface area contributed by atoms with Crippen LogP contribution in [0.25, 0.3) is 11.2 Å². The summed E-state index contributed by atoms with van der Waals surface area (Å²) in [5.74, 6) is -0.0977. The zero-order valence-corrected chi connectivity index (χ0v) is 19.4. The van der Waals surface area contributed by atoms with Crippen molar-refractivity contribution in [1.82, 2.24) is 29.3 Å². The van der Waals surface area contributed by atoms with E-state index in [1.807, 2.05) is 13.8 Å². The molecule has 2 N–H and O–H groups in total. The first kappa shape index (κ1) is 22.8. The molecule has 1 atom stereocenters. The largest absolute Gasteiger partial charge is 0.330 e. The van der Waals surface area contributed by atoms with Gasteiger partial charge in [0.1, 0.15) is 11.4 Å². The number of H-pyrrole nitrogens is 1. The number of carbonyl (C=O) groups excluding carboxylic acids is 2. The van der Waals surface area contributed by atoms with Gasteiger partial charge in [-0.2, -0.15) is 0 Å². The number of nitrogens with zero attached hydrogens (tertiary/aromatic N) is 4. The van der Waals surface area contributed by atoms with Gasteiger partial charge in [0.05, 0.1) is 6.54 Å². The maximum absolute atomic E-state index is 13.5. The van der Waals surface area contributed by atoms with Crippen molar-refractivity contribution in [2.45, 2.75) is 51.7 Å². The standard InChI is InChI=1S/C22H25ClN6O4/c1-4-6-11-28-17-16(18(30)25-20(28)32)27(3)15(24-17)12-29-19(31)22(5-2,26-21(29)33)13-7-9-14(23)10-8-13/h7-10H,4-6,11-12H2,1-3H3,(H,26,33)(H,25,30,32). The van der Waals surface area contributed by atoms with Gasteiger partial charge in [0.25, 0.3) is 11.5 Å². The van der Waals surface area contributed by atoms with Crippen LogP contribution in [0.4, 0.5) is 4.79 Å². The van der Waals surface area contributed by atoms with Crippen molar-refractivity contribution in [3.63, 3.8) is 0 Å². The lowest BCUT2D eigenvalue weighted by Gasteiger charge is -2.25. The van der Waals surface area contributed by atoms with E-state index in [-0.39, 0.29) is 17.7 Å². The molecule has 33 heavy (non-hydrogen) atoms. The second-order valence-corrected chi connectivity index (χ2v) is 8.55. The minimum atomic E-state index is -1.22. The first-order chi connectivity index (χ1) is 15.7. The molecule has 3 aromatic rings. The Bertz CT molecular complexity index is 1360. The van der Waals surface area contributed by atoms with Crippen molar-refractivity contribution in [2.75, 3.05) is 0 Å². The number of urea groups is 1. The fourth-order valence-electron chi connectivity index (χ4n) is 4.24. The molecule has 0 bridgehead atoms. The van der Waals surface area contributed by atoms with Crippen molar-refractivity contribution in [3.05, 3.63) is 61.5 Å². The number of unbranched alkanes of at least 4 members (excludes halogenated alkanes) is 1. The van der Waals surface area contributed by atoms with Gasteiger partial charge >= 0.3 is 11.7 Å². The number of hydrogen-bond acceptors (Lipinski definition) is 5. The summed E-state index contributed by atoms with van der Waals surface area (Å²) in [7, 11) is 1.62. The second kappa shape index (κ2) is 8.51. The molecular weight excluding hydrogens is 448 g/mol. The number of imidazole rings is 1. The third-order valence-electron chi connectivity index (χ3n) is 6.18. The predicted octanol–water partition coefficient (Wildman–Crippen LogP) is 2.23. The van der Waals surface area contributed by atoms with Crippen LogP contribution in [0.5, 0.6) is 0 Å². The minimum absolute atomic E-state index is 0.146. The van der Waals surface area contributed by atoms with E-state index >= 15 is 0 Å². The Morgan fingerprint density at radius 3 is 2.42 bits per heavy atom. The molecule has 1 saturated heterocycles. The van der Waals surface area contributed by atoms with Gasteiger partial charge in [-0.15, -0.1) is 0 Å². The summed E-state index contributed by atoms with van der Waals surface area (Å²) in [6, 6.07) is 6.22. The molecular formula is C22H25ClN6O4. The molecule has 3 heterocycles. The Morgan fingerprint density at radius 2 is 1.79 bits per heavy atom. The maximum Gasteiger partial charge on any atom is 0.330 e. The smallest absolute Gasteiger partial charge is 0.324 e. The van der Waals surface area contributed by atoms with E-state index in [2.05, 4.69) is 15.3 Å². The highest BCUT2D eigenvalue weighted by Crippen LogP contribution is 2.33. The zero-order chi connectivity index (χ0) is 23.9. The van der Waals surface area contributed by atoms with E-state index in [4.69, 9.17) is 11.6 Å². The topological polar surface area (TPSA) is 122 Å². The van der Waals surface area contributed by atoms with Gasteiger partial charge in [-0.1, -0.05) is 44.0 Å². The number of rotatable bonds is 7. The van der Waals surface area contributed by atoms with Gasteiger partial charge in [0, 0.05) is 18.6 Å². The molecule has 3 amide bonds. The van der Waals surface area contributed by atoms with Gasteiger partial charge in [-0.25, -0.2) is 14.6 Å². The van der Waals surface area contributed by atoms with Crippen molar-refractivity contribution < 1.29 is 9.59 Å². The average molecular weight is 473 g/mol. The SMILES string of the molecule is CCCCn1c(=O)[nH]c(=O)c2c1nc(CN1C(=O)NC(CC)(c3ccc(Cl)cc3)C1=O)n2C. The quantitative estimate of drug-likeness (QED) is 0.510. The van der Waals surface area contributed by atoms with Gasteiger partial charge in [-0.3, -0.25) is 24.0 Å². The Morgan fingerprint density at radius 1 is 1.09 bits per heavy atom. The summed E-state index contributed by atoms with van der Waals surface area (Å²) in [6.45, 7) is 4.07. The normalized spacial score (nSPS) is 18.4. The predicted molar refractivity (Wildman–Crippen MR) is 123 cm³/mol. The fraction of sp³-hybridized carbons (Fsp3) is 0.409. The molecule has 1 unspecified atom stereocenters. The summed E-state index contributed by atoms with van der Waals surface area (Å²) in [5, 5.41) is 3.35. The number of hydrogen-bond donors (Lipinski definition) is 2. The highest BCUT2D eigenvalue weighted by molar-refractivity contribution is 6.30. The van der Waals surface area contributed by atoms with Crippen LogP contribution in [0.3, 0.4) is 0 Å². The monoisotopic (exact) mass is 472 g/mol. The number of aromatic nitrogens is 4. The molecule has 1 aromatic carbocycles. The Kier molecular flexibility index (Phi) is 5.87. The molecule has 0 radical (unpaired) electrons. The highest BCUT2D eigenvalue weighted by Gasteiger charge is 2.51. The molecule has 0 saturated carbocycles. The molecule has 4 rings (SSSR count). The number of carbonyl (C=O) groups is 2. The van der Waals surface area contributed by atoms with Gasteiger partial charge in [0.15, 0.2) is 11.2 Å². The van der Waals surface area contributed by atoms with Crippen LogP contribution in [0.1, 0.15) is 44.5 Å². The third kappa shape index (κ3) is 3.64. The van der Waals surface area contributed by atoms with Gasteiger partial charge in [-0.05, 0) is 30.5 Å². The summed E-state index contributed by atoms with van der Waals surface area (Å²) in [5.41, 5.74) is -1.23. The fourth-order valence-corrected chi connectivity index (χ4v) is 4.37. The zero-order valence-electron chi connectivity index (χ0n) is 18.6. The number of fused-ring (bicyclic) bond motifs is 1. The Labute approximate surface area is 194 Å². The van der Waals surface area contributed by atoms with Crippen LogP contribution in [0, 0.1) is 0 Å². The van der Waals surface area contributed by atoms with E-state index in [1.54, 1.807) is 31.3 Å². The molecule has 10 nitrogen and oxygen atoms in total.